The first-order chi connectivity index (χ1) is 10.4. The van der Waals surface area contributed by atoms with Crippen molar-refractivity contribution in [3.63, 3.8) is 0 Å². The van der Waals surface area contributed by atoms with Crippen LogP contribution in [0.3, 0.4) is 0 Å². The van der Waals surface area contributed by atoms with E-state index in [1.54, 1.807) is 36.4 Å². The number of carbonyl (C=O) groups is 2. The molecule has 0 radical (unpaired) electrons. The highest BCUT2D eigenvalue weighted by Gasteiger charge is 2.05. The van der Waals surface area contributed by atoms with Gasteiger partial charge in [-0.3, -0.25) is 0 Å². The van der Waals surface area contributed by atoms with Gasteiger partial charge in [-0.25, -0.2) is 9.59 Å². The Morgan fingerprint density at radius 3 is 1.41 bits per heavy atom. The lowest BCUT2D eigenvalue weighted by molar-refractivity contribution is 0.0686. The van der Waals surface area contributed by atoms with Crippen molar-refractivity contribution >= 4 is 24.1 Å². The van der Waals surface area contributed by atoms with Gasteiger partial charge in [0.25, 0.3) is 0 Å². The lowest BCUT2D eigenvalue weighted by Gasteiger charge is -2.04. The maximum atomic E-state index is 10.9. The Bertz CT molecular complexity index is 707. The molecule has 0 aromatic heterocycles. The van der Waals surface area contributed by atoms with E-state index in [2.05, 4.69) is 0 Å². The molecule has 0 unspecified atom stereocenters. The standard InChI is InChI=1S/C18H16O4/c1-11-9-15(17(19)20)7-5-13(11)3-4-14-6-8-16(18(21)22)10-12(14)2/h3-10H,1-2H3,(H,19,20)(H,21,22). The van der Waals surface area contributed by atoms with E-state index < -0.39 is 11.9 Å². The predicted octanol–water partition coefficient (Wildman–Crippen LogP) is 3.87. The molecule has 0 aliphatic rings. The van der Waals surface area contributed by atoms with Crippen LogP contribution in [0.2, 0.25) is 0 Å². The van der Waals surface area contributed by atoms with Gasteiger partial charge in [0.2, 0.25) is 0 Å². The summed E-state index contributed by atoms with van der Waals surface area (Å²) in [5.74, 6) is -1.89. The molecule has 2 aromatic rings. The van der Waals surface area contributed by atoms with E-state index in [0.717, 1.165) is 22.3 Å². The fraction of sp³-hybridized carbons (Fsp3) is 0.111. The molecule has 4 nitrogen and oxygen atoms in total. The summed E-state index contributed by atoms with van der Waals surface area (Å²) in [5, 5.41) is 17.9. The van der Waals surface area contributed by atoms with Crippen LogP contribution < -0.4 is 0 Å². The fourth-order valence-electron chi connectivity index (χ4n) is 2.17. The average molecular weight is 296 g/mol. The summed E-state index contributed by atoms with van der Waals surface area (Å²) < 4.78 is 0. The molecular weight excluding hydrogens is 280 g/mol. The van der Waals surface area contributed by atoms with Crippen LogP contribution in [0.15, 0.2) is 36.4 Å². The zero-order valence-electron chi connectivity index (χ0n) is 12.3. The van der Waals surface area contributed by atoms with Crippen LogP contribution in [-0.2, 0) is 0 Å². The van der Waals surface area contributed by atoms with E-state index in [1.807, 2.05) is 26.0 Å². The molecule has 112 valence electrons. The first-order valence-corrected chi connectivity index (χ1v) is 6.74. The third-order valence-electron chi connectivity index (χ3n) is 3.48. The molecule has 0 aliphatic carbocycles. The van der Waals surface area contributed by atoms with Crippen molar-refractivity contribution in [2.24, 2.45) is 0 Å². The van der Waals surface area contributed by atoms with E-state index in [1.165, 1.54) is 0 Å². The second-order valence-corrected chi connectivity index (χ2v) is 5.09. The quantitative estimate of drug-likeness (QED) is 0.840. The monoisotopic (exact) mass is 296 g/mol. The molecule has 0 spiro atoms. The molecular formula is C18H16O4. The van der Waals surface area contributed by atoms with E-state index in [4.69, 9.17) is 10.2 Å². The van der Waals surface area contributed by atoms with Gasteiger partial charge in [-0.15, -0.1) is 0 Å². The molecule has 2 aromatic carbocycles. The Labute approximate surface area is 128 Å². The molecule has 0 heterocycles. The number of aromatic carboxylic acids is 2. The number of hydrogen-bond donors (Lipinski definition) is 2. The third kappa shape index (κ3) is 3.41. The summed E-state index contributed by atoms with van der Waals surface area (Å²) in [6.07, 6.45) is 3.79. The lowest BCUT2D eigenvalue weighted by Crippen LogP contribution is -1.97. The van der Waals surface area contributed by atoms with Crippen LogP contribution in [0.5, 0.6) is 0 Å². The van der Waals surface area contributed by atoms with Crippen LogP contribution in [-0.4, -0.2) is 22.2 Å². The Hall–Kier alpha value is -2.88. The van der Waals surface area contributed by atoms with Crippen LogP contribution in [0.1, 0.15) is 43.0 Å². The topological polar surface area (TPSA) is 74.6 Å². The van der Waals surface area contributed by atoms with Crippen molar-refractivity contribution in [3.05, 3.63) is 69.8 Å². The number of hydrogen-bond acceptors (Lipinski definition) is 2. The van der Waals surface area contributed by atoms with E-state index in [-0.39, 0.29) is 11.1 Å². The van der Waals surface area contributed by atoms with Crippen molar-refractivity contribution in [2.45, 2.75) is 13.8 Å². The summed E-state index contributed by atoms with van der Waals surface area (Å²) in [6.45, 7) is 3.71. The molecule has 0 atom stereocenters. The van der Waals surface area contributed by atoms with Crippen LogP contribution in [0.25, 0.3) is 12.2 Å². The zero-order valence-corrected chi connectivity index (χ0v) is 12.3. The number of benzene rings is 2. The van der Waals surface area contributed by atoms with E-state index in [9.17, 15) is 9.59 Å². The van der Waals surface area contributed by atoms with Crippen molar-refractivity contribution in [1.29, 1.82) is 0 Å². The molecule has 0 aliphatic heterocycles. The van der Waals surface area contributed by atoms with Gasteiger partial charge in [0.15, 0.2) is 0 Å². The highest BCUT2D eigenvalue weighted by Crippen LogP contribution is 2.18. The van der Waals surface area contributed by atoms with Gasteiger partial charge in [0.1, 0.15) is 0 Å². The summed E-state index contributed by atoms with van der Waals surface area (Å²) in [6, 6.07) is 9.90. The molecule has 2 rings (SSSR count). The molecule has 4 heteroatoms. The first kappa shape index (κ1) is 15.5. The normalized spacial score (nSPS) is 10.8. The van der Waals surface area contributed by atoms with Crippen molar-refractivity contribution in [2.75, 3.05) is 0 Å². The smallest absolute Gasteiger partial charge is 0.335 e. The molecule has 2 N–H and O–H groups in total. The largest absolute Gasteiger partial charge is 0.478 e. The molecule has 0 amide bonds. The molecule has 22 heavy (non-hydrogen) atoms. The van der Waals surface area contributed by atoms with Crippen molar-refractivity contribution in [1.82, 2.24) is 0 Å². The summed E-state index contributed by atoms with van der Waals surface area (Å²) >= 11 is 0. The average Bonchev–Trinajstić information content (AvgIpc) is 2.46. The van der Waals surface area contributed by atoms with Crippen LogP contribution in [0.4, 0.5) is 0 Å². The van der Waals surface area contributed by atoms with Gasteiger partial charge >= 0.3 is 11.9 Å². The fourth-order valence-corrected chi connectivity index (χ4v) is 2.17. The predicted molar refractivity (Wildman–Crippen MR) is 85.2 cm³/mol. The maximum Gasteiger partial charge on any atom is 0.335 e. The molecule has 0 bridgehead atoms. The number of rotatable bonds is 4. The highest BCUT2D eigenvalue weighted by atomic mass is 16.4. The van der Waals surface area contributed by atoms with Crippen LogP contribution >= 0.6 is 0 Å². The Morgan fingerprint density at radius 2 is 1.14 bits per heavy atom. The van der Waals surface area contributed by atoms with Gasteiger partial charge in [-0.2, -0.15) is 0 Å². The molecule has 0 saturated carbocycles. The first-order valence-electron chi connectivity index (χ1n) is 6.74. The van der Waals surface area contributed by atoms with Gasteiger partial charge < -0.3 is 10.2 Å². The molecule has 0 saturated heterocycles. The zero-order chi connectivity index (χ0) is 16.3. The van der Waals surface area contributed by atoms with Crippen LogP contribution in [0, 0.1) is 13.8 Å². The number of carboxylic acid groups (broad SMARTS) is 2. The third-order valence-corrected chi connectivity index (χ3v) is 3.48. The number of carboxylic acids is 2. The highest BCUT2D eigenvalue weighted by molar-refractivity contribution is 5.89. The van der Waals surface area contributed by atoms with Gasteiger partial charge in [0.05, 0.1) is 11.1 Å². The van der Waals surface area contributed by atoms with E-state index in [0.29, 0.717) is 0 Å². The van der Waals surface area contributed by atoms with Gasteiger partial charge in [-0.1, -0.05) is 24.3 Å². The summed E-state index contributed by atoms with van der Waals surface area (Å²) in [7, 11) is 0. The van der Waals surface area contributed by atoms with E-state index >= 15 is 0 Å². The van der Waals surface area contributed by atoms with Gasteiger partial charge in [-0.05, 0) is 60.4 Å². The maximum absolute atomic E-state index is 10.9. The Morgan fingerprint density at radius 1 is 0.773 bits per heavy atom. The summed E-state index contributed by atoms with van der Waals surface area (Å²) in [5.41, 5.74) is 4.11. The second-order valence-electron chi connectivity index (χ2n) is 5.09. The van der Waals surface area contributed by atoms with Crippen molar-refractivity contribution in [3.8, 4) is 0 Å². The minimum Gasteiger partial charge on any atom is -0.478 e. The summed E-state index contributed by atoms with van der Waals surface area (Å²) in [4.78, 5) is 21.8. The minimum absolute atomic E-state index is 0.261. The lowest BCUT2D eigenvalue weighted by atomic mass is 10.0. The second kappa shape index (κ2) is 6.26. The van der Waals surface area contributed by atoms with Crippen molar-refractivity contribution < 1.29 is 19.8 Å². The Kier molecular flexibility index (Phi) is 4.41. The Balaban J connectivity index is 2.29. The SMILES string of the molecule is Cc1cc(C(=O)O)ccc1C=Cc1ccc(C(=O)O)cc1C. The molecule has 0 fully saturated rings. The number of aryl methyl sites for hydroxylation is 2. The van der Waals surface area contributed by atoms with Gasteiger partial charge in [0, 0.05) is 0 Å². The minimum atomic E-state index is -0.946.